The van der Waals surface area contributed by atoms with Crippen LogP contribution in [0, 0.1) is 5.92 Å². The van der Waals surface area contributed by atoms with Crippen molar-refractivity contribution in [3.63, 3.8) is 0 Å². The molecule has 1 aliphatic heterocycles. The van der Waals surface area contributed by atoms with Gasteiger partial charge in [0.2, 0.25) is 15.9 Å². The number of methoxy groups -OCH3 is 1. The molecule has 0 saturated carbocycles. The van der Waals surface area contributed by atoms with Crippen LogP contribution in [-0.4, -0.2) is 43.9 Å². The van der Waals surface area contributed by atoms with Crippen molar-refractivity contribution in [3.05, 3.63) is 60.2 Å². The highest BCUT2D eigenvalue weighted by Crippen LogP contribution is 2.25. The maximum absolute atomic E-state index is 12.8. The second kappa shape index (κ2) is 10.8. The van der Waals surface area contributed by atoms with E-state index in [2.05, 4.69) is 16.2 Å². The fourth-order valence-electron chi connectivity index (χ4n) is 3.53. The first-order valence-electron chi connectivity index (χ1n) is 10.4. The second-order valence-electron chi connectivity index (χ2n) is 7.57. The molecule has 10 heteroatoms. The summed E-state index contributed by atoms with van der Waals surface area (Å²) in [7, 11) is -2.07. The Labute approximate surface area is 194 Å². The summed E-state index contributed by atoms with van der Waals surface area (Å²) in [5.74, 6) is 0.0968. The molecule has 3 rings (SSSR count). The molecule has 0 radical (unpaired) electrons. The third-order valence-corrected chi connectivity index (χ3v) is 7.60. The van der Waals surface area contributed by atoms with Gasteiger partial charge in [-0.05, 0) is 61.8 Å². The highest BCUT2D eigenvalue weighted by Gasteiger charge is 2.32. The van der Waals surface area contributed by atoms with Gasteiger partial charge in [-0.15, -0.1) is 0 Å². The monoisotopic (exact) mass is 476 g/mol. The fraction of sp³-hybridized carbons (Fsp3) is 0.364. The van der Waals surface area contributed by atoms with Crippen molar-refractivity contribution in [2.75, 3.05) is 20.2 Å². The standard InChI is InChI=1S/C22H28N4O4S2/c1-16(17-6-4-3-5-7-17)23-22(31)25-24-21(27)18-12-14-26(15-13-18)32(28,29)20-10-8-19(30-2)9-11-20/h3-11,16,18H,12-15H2,1-2H3,(H,24,27)(H2,23,25,31)/t16-/m1/s1. The summed E-state index contributed by atoms with van der Waals surface area (Å²) in [4.78, 5) is 12.7. The minimum atomic E-state index is -3.60. The molecule has 0 aliphatic carbocycles. The molecule has 32 heavy (non-hydrogen) atoms. The quantitative estimate of drug-likeness (QED) is 0.435. The van der Waals surface area contributed by atoms with Crippen LogP contribution in [0.2, 0.25) is 0 Å². The van der Waals surface area contributed by atoms with Gasteiger partial charge in [-0.3, -0.25) is 15.6 Å². The molecule has 0 unspecified atom stereocenters. The number of piperidine rings is 1. The van der Waals surface area contributed by atoms with Crippen LogP contribution in [0.3, 0.4) is 0 Å². The van der Waals surface area contributed by atoms with Gasteiger partial charge in [-0.2, -0.15) is 4.31 Å². The first kappa shape index (κ1) is 24.0. The van der Waals surface area contributed by atoms with Crippen molar-refractivity contribution < 1.29 is 17.9 Å². The van der Waals surface area contributed by atoms with Gasteiger partial charge in [-0.25, -0.2) is 8.42 Å². The number of amides is 1. The molecule has 1 aliphatic rings. The van der Waals surface area contributed by atoms with E-state index in [1.807, 2.05) is 37.3 Å². The molecule has 0 bridgehead atoms. The van der Waals surface area contributed by atoms with E-state index in [9.17, 15) is 13.2 Å². The number of thiocarbonyl (C=S) groups is 1. The third kappa shape index (κ3) is 5.96. The van der Waals surface area contributed by atoms with E-state index >= 15 is 0 Å². The maximum atomic E-state index is 12.8. The molecule has 172 valence electrons. The van der Waals surface area contributed by atoms with E-state index in [0.29, 0.717) is 23.7 Å². The van der Waals surface area contributed by atoms with Crippen LogP contribution in [0.5, 0.6) is 5.75 Å². The lowest BCUT2D eigenvalue weighted by Gasteiger charge is -2.30. The number of nitrogens with zero attached hydrogens (tertiary/aromatic N) is 1. The summed E-state index contributed by atoms with van der Waals surface area (Å²) < 4.78 is 32.2. The Kier molecular flexibility index (Phi) is 8.05. The molecule has 2 aromatic carbocycles. The molecule has 1 saturated heterocycles. The Morgan fingerprint density at radius 2 is 1.69 bits per heavy atom. The number of hydrogen-bond acceptors (Lipinski definition) is 5. The minimum Gasteiger partial charge on any atom is -0.497 e. The van der Waals surface area contributed by atoms with Crippen LogP contribution in [0.4, 0.5) is 0 Å². The molecule has 1 fully saturated rings. The second-order valence-corrected chi connectivity index (χ2v) is 9.92. The number of sulfonamides is 1. The Morgan fingerprint density at radius 3 is 2.28 bits per heavy atom. The lowest BCUT2D eigenvalue weighted by molar-refractivity contribution is -0.126. The number of carbonyl (C=O) groups is 1. The Hall–Kier alpha value is -2.69. The zero-order chi connectivity index (χ0) is 23.1. The smallest absolute Gasteiger partial charge is 0.243 e. The molecule has 0 aromatic heterocycles. The number of nitrogens with one attached hydrogen (secondary N) is 3. The van der Waals surface area contributed by atoms with Crippen molar-refractivity contribution in [1.82, 2.24) is 20.5 Å². The number of ether oxygens (including phenoxy) is 1. The molecule has 0 spiro atoms. The summed E-state index contributed by atoms with van der Waals surface area (Å²) >= 11 is 5.26. The number of hydrazine groups is 1. The van der Waals surface area contributed by atoms with Gasteiger partial charge in [0.15, 0.2) is 5.11 Å². The lowest BCUT2D eigenvalue weighted by atomic mass is 9.98. The average Bonchev–Trinajstić information content (AvgIpc) is 2.83. The van der Waals surface area contributed by atoms with Crippen LogP contribution >= 0.6 is 12.2 Å². The third-order valence-electron chi connectivity index (χ3n) is 5.47. The van der Waals surface area contributed by atoms with Crippen LogP contribution in [0.1, 0.15) is 31.4 Å². The van der Waals surface area contributed by atoms with E-state index in [1.165, 1.54) is 23.5 Å². The van der Waals surface area contributed by atoms with Crippen LogP contribution < -0.4 is 20.9 Å². The SMILES string of the molecule is COc1ccc(S(=O)(=O)N2CCC(C(=O)NNC(=S)N[C@H](C)c3ccccc3)CC2)cc1. The molecular weight excluding hydrogens is 448 g/mol. The minimum absolute atomic E-state index is 0.0144. The van der Waals surface area contributed by atoms with E-state index in [1.54, 1.807) is 12.1 Å². The molecule has 1 atom stereocenters. The number of hydrogen-bond donors (Lipinski definition) is 3. The van der Waals surface area contributed by atoms with E-state index < -0.39 is 10.0 Å². The number of benzene rings is 2. The van der Waals surface area contributed by atoms with Gasteiger partial charge < -0.3 is 10.1 Å². The first-order chi connectivity index (χ1) is 15.3. The highest BCUT2D eigenvalue weighted by atomic mass is 32.2. The molecule has 2 aromatic rings. The fourth-order valence-corrected chi connectivity index (χ4v) is 5.23. The van der Waals surface area contributed by atoms with Crippen molar-refractivity contribution >= 4 is 33.3 Å². The van der Waals surface area contributed by atoms with Crippen molar-refractivity contribution in [3.8, 4) is 5.75 Å². The summed E-state index contributed by atoms with van der Waals surface area (Å²) in [5.41, 5.74) is 6.45. The zero-order valence-corrected chi connectivity index (χ0v) is 19.7. The van der Waals surface area contributed by atoms with Crippen molar-refractivity contribution in [2.24, 2.45) is 5.92 Å². The Morgan fingerprint density at radius 1 is 1.06 bits per heavy atom. The highest BCUT2D eigenvalue weighted by molar-refractivity contribution is 7.89. The molecule has 3 N–H and O–H groups in total. The van der Waals surface area contributed by atoms with Crippen molar-refractivity contribution in [1.29, 1.82) is 0 Å². The zero-order valence-electron chi connectivity index (χ0n) is 18.1. The first-order valence-corrected chi connectivity index (χ1v) is 12.2. The van der Waals surface area contributed by atoms with Gasteiger partial charge >= 0.3 is 0 Å². The van der Waals surface area contributed by atoms with Crippen LogP contribution in [0.15, 0.2) is 59.5 Å². The van der Waals surface area contributed by atoms with Crippen LogP contribution in [-0.2, 0) is 14.8 Å². The van der Waals surface area contributed by atoms with Crippen LogP contribution in [0.25, 0.3) is 0 Å². The predicted molar refractivity (Wildman–Crippen MR) is 126 cm³/mol. The maximum Gasteiger partial charge on any atom is 0.243 e. The number of rotatable bonds is 6. The van der Waals surface area contributed by atoms with Gasteiger partial charge in [0, 0.05) is 19.0 Å². The molecular formula is C22H28N4O4S2. The number of carbonyl (C=O) groups excluding carboxylic acids is 1. The normalized spacial score (nSPS) is 16.1. The summed E-state index contributed by atoms with van der Waals surface area (Å²) in [6.45, 7) is 2.53. The van der Waals surface area contributed by atoms with E-state index in [4.69, 9.17) is 17.0 Å². The van der Waals surface area contributed by atoms with Gasteiger partial charge in [0.25, 0.3) is 0 Å². The summed E-state index contributed by atoms with van der Waals surface area (Å²) in [6, 6.07) is 16.1. The Balaban J connectivity index is 1.46. The lowest BCUT2D eigenvalue weighted by Crippen LogP contribution is -2.51. The van der Waals surface area contributed by atoms with Gasteiger partial charge in [0.05, 0.1) is 18.0 Å². The average molecular weight is 477 g/mol. The molecule has 8 nitrogen and oxygen atoms in total. The van der Waals surface area contributed by atoms with Gasteiger partial charge in [0.1, 0.15) is 5.75 Å². The largest absolute Gasteiger partial charge is 0.497 e. The summed E-state index contributed by atoms with van der Waals surface area (Å²) in [5, 5.41) is 3.43. The van der Waals surface area contributed by atoms with Crippen molar-refractivity contribution in [2.45, 2.75) is 30.7 Å². The molecule has 1 heterocycles. The topological polar surface area (TPSA) is 99.8 Å². The summed E-state index contributed by atoms with van der Waals surface area (Å²) in [6.07, 6.45) is 0.868. The van der Waals surface area contributed by atoms with Gasteiger partial charge in [-0.1, -0.05) is 30.3 Å². The molecule has 1 amide bonds. The van der Waals surface area contributed by atoms with E-state index in [-0.39, 0.29) is 35.9 Å². The van der Waals surface area contributed by atoms with E-state index in [0.717, 1.165) is 5.56 Å². The predicted octanol–water partition coefficient (Wildman–Crippen LogP) is 2.35. The Bertz CT molecular complexity index is 1020.